The third-order valence-corrected chi connectivity index (χ3v) is 4.95. The first-order valence-electron chi connectivity index (χ1n) is 9.69. The van der Waals surface area contributed by atoms with Crippen molar-refractivity contribution in [3.8, 4) is 5.75 Å². The van der Waals surface area contributed by atoms with E-state index in [0.717, 1.165) is 11.3 Å². The molecule has 0 bridgehead atoms. The first-order valence-corrected chi connectivity index (χ1v) is 9.69. The van der Waals surface area contributed by atoms with Gasteiger partial charge in [-0.1, -0.05) is 48.0 Å². The summed E-state index contributed by atoms with van der Waals surface area (Å²) in [6.45, 7) is 2.40. The number of rotatable bonds is 6. The highest BCUT2D eigenvalue weighted by Crippen LogP contribution is 2.27. The van der Waals surface area contributed by atoms with Gasteiger partial charge >= 0.3 is 0 Å². The number of carbonyl (C=O) groups is 1. The molecular formula is C23H24N4O2. The lowest BCUT2D eigenvalue weighted by atomic mass is 10.0. The predicted molar refractivity (Wildman–Crippen MR) is 112 cm³/mol. The molecule has 1 aromatic heterocycles. The van der Waals surface area contributed by atoms with E-state index in [0.29, 0.717) is 24.5 Å². The summed E-state index contributed by atoms with van der Waals surface area (Å²) in [5.74, 6) is 0.522. The van der Waals surface area contributed by atoms with Crippen LogP contribution in [0.25, 0.3) is 0 Å². The van der Waals surface area contributed by atoms with Gasteiger partial charge in [-0.3, -0.25) is 9.78 Å². The van der Waals surface area contributed by atoms with Crippen molar-refractivity contribution in [1.82, 2.24) is 15.8 Å². The molecule has 1 aliphatic heterocycles. The Bertz CT molecular complexity index is 960. The number of hydrogen-bond acceptors (Lipinski definition) is 5. The Kier molecular flexibility index (Phi) is 5.84. The summed E-state index contributed by atoms with van der Waals surface area (Å²) in [6, 6.07) is 21.2. The number of hydrazine groups is 1. The lowest BCUT2D eigenvalue weighted by Crippen LogP contribution is -2.39. The molecule has 0 aliphatic carbocycles. The minimum atomic E-state index is -0.329. The molecule has 0 radical (unpaired) electrons. The summed E-state index contributed by atoms with van der Waals surface area (Å²) in [7, 11) is 0. The maximum Gasteiger partial charge on any atom is 0.243 e. The molecule has 2 atom stereocenters. The van der Waals surface area contributed by atoms with Gasteiger partial charge in [-0.25, -0.2) is 10.9 Å². The van der Waals surface area contributed by atoms with Crippen molar-refractivity contribution in [3.63, 3.8) is 0 Å². The first-order chi connectivity index (χ1) is 14.2. The second kappa shape index (κ2) is 8.86. The zero-order valence-corrected chi connectivity index (χ0v) is 16.3. The maximum absolute atomic E-state index is 12.8. The minimum Gasteiger partial charge on any atom is -0.485 e. The quantitative estimate of drug-likeness (QED) is 0.602. The molecule has 29 heavy (non-hydrogen) atoms. The molecule has 4 rings (SSSR count). The van der Waals surface area contributed by atoms with Crippen LogP contribution in [0.5, 0.6) is 5.75 Å². The van der Waals surface area contributed by atoms with Gasteiger partial charge in [0.2, 0.25) is 5.91 Å². The number of benzene rings is 2. The van der Waals surface area contributed by atoms with E-state index in [1.54, 1.807) is 6.20 Å². The Morgan fingerprint density at radius 2 is 1.86 bits per heavy atom. The molecule has 148 valence electrons. The van der Waals surface area contributed by atoms with Crippen LogP contribution in [0.2, 0.25) is 0 Å². The summed E-state index contributed by atoms with van der Waals surface area (Å²) in [4.78, 5) is 17.1. The zero-order chi connectivity index (χ0) is 20.1. The first kappa shape index (κ1) is 19.1. The lowest BCUT2D eigenvalue weighted by molar-refractivity contribution is -0.117. The van der Waals surface area contributed by atoms with Crippen molar-refractivity contribution >= 4 is 11.6 Å². The molecule has 1 amide bonds. The number of nitrogens with zero attached hydrogens (tertiary/aromatic N) is 1. The maximum atomic E-state index is 12.8. The highest BCUT2D eigenvalue weighted by molar-refractivity contribution is 5.96. The Morgan fingerprint density at radius 3 is 2.66 bits per heavy atom. The normalized spacial score (nSPS) is 18.4. The van der Waals surface area contributed by atoms with Gasteiger partial charge < -0.3 is 10.1 Å². The molecule has 3 aromatic rings. The largest absolute Gasteiger partial charge is 0.485 e. The van der Waals surface area contributed by atoms with Crippen molar-refractivity contribution in [3.05, 3.63) is 89.7 Å². The minimum absolute atomic E-state index is 0.0963. The number of hydrogen-bond donors (Lipinski definition) is 3. The van der Waals surface area contributed by atoms with Gasteiger partial charge in [0.1, 0.15) is 18.4 Å². The van der Waals surface area contributed by atoms with Crippen LogP contribution in [0.4, 0.5) is 5.69 Å². The molecule has 6 nitrogen and oxygen atoms in total. The molecule has 6 heteroatoms. The van der Waals surface area contributed by atoms with Gasteiger partial charge in [-0.05, 0) is 43.2 Å². The van der Waals surface area contributed by atoms with Crippen LogP contribution < -0.4 is 20.9 Å². The molecule has 3 N–H and O–H groups in total. The number of pyridine rings is 1. The van der Waals surface area contributed by atoms with E-state index < -0.39 is 0 Å². The molecule has 0 saturated carbocycles. The topological polar surface area (TPSA) is 75.3 Å². The molecule has 1 aliphatic rings. The van der Waals surface area contributed by atoms with Crippen molar-refractivity contribution in [2.24, 2.45) is 0 Å². The van der Waals surface area contributed by atoms with Crippen LogP contribution in [0.1, 0.15) is 29.3 Å². The molecule has 0 spiro atoms. The Labute approximate surface area is 170 Å². The molecule has 1 saturated heterocycles. The van der Waals surface area contributed by atoms with E-state index in [4.69, 9.17) is 4.74 Å². The molecule has 1 fully saturated rings. The van der Waals surface area contributed by atoms with E-state index >= 15 is 0 Å². The molecule has 2 unspecified atom stereocenters. The van der Waals surface area contributed by atoms with Crippen LogP contribution in [0, 0.1) is 6.92 Å². The summed E-state index contributed by atoms with van der Waals surface area (Å²) in [5.41, 5.74) is 10.2. The smallest absolute Gasteiger partial charge is 0.243 e. The van der Waals surface area contributed by atoms with Crippen LogP contribution >= 0.6 is 0 Å². The number of nitrogens with one attached hydrogen (secondary N) is 3. The summed E-state index contributed by atoms with van der Waals surface area (Å²) < 4.78 is 5.88. The van der Waals surface area contributed by atoms with Crippen LogP contribution in [0.3, 0.4) is 0 Å². The number of carbonyl (C=O) groups excluding carboxylic acids is 1. The van der Waals surface area contributed by atoms with Gasteiger partial charge in [-0.15, -0.1) is 0 Å². The molecule has 2 aromatic carbocycles. The fourth-order valence-electron chi connectivity index (χ4n) is 3.30. The highest BCUT2D eigenvalue weighted by atomic mass is 16.5. The third-order valence-electron chi connectivity index (χ3n) is 4.95. The molecule has 2 heterocycles. The number of para-hydroxylation sites is 2. The SMILES string of the molecule is Cc1ccc(C2CC(C(=O)Nc3ccccc3OCc3ccccn3)NN2)cc1. The van der Waals surface area contributed by atoms with Crippen molar-refractivity contribution < 1.29 is 9.53 Å². The Morgan fingerprint density at radius 1 is 1.07 bits per heavy atom. The van der Waals surface area contributed by atoms with E-state index in [1.165, 1.54) is 5.56 Å². The van der Waals surface area contributed by atoms with Gasteiger partial charge in [-0.2, -0.15) is 0 Å². The van der Waals surface area contributed by atoms with Gasteiger partial charge in [0.25, 0.3) is 0 Å². The number of amides is 1. The van der Waals surface area contributed by atoms with E-state index in [1.807, 2.05) is 42.5 Å². The summed E-state index contributed by atoms with van der Waals surface area (Å²) in [6.07, 6.45) is 2.40. The van der Waals surface area contributed by atoms with Gasteiger partial charge in [0, 0.05) is 12.2 Å². The zero-order valence-electron chi connectivity index (χ0n) is 16.3. The molecular weight excluding hydrogens is 364 g/mol. The van der Waals surface area contributed by atoms with E-state index in [-0.39, 0.29) is 18.0 Å². The number of aryl methyl sites for hydroxylation is 1. The monoisotopic (exact) mass is 388 g/mol. The standard InChI is InChI=1S/C23H24N4O2/c1-16-9-11-17(12-10-16)20-14-21(27-26-20)23(28)25-19-7-2-3-8-22(19)29-15-18-6-4-5-13-24-18/h2-13,20-21,26-27H,14-15H2,1H3,(H,25,28). The second-order valence-corrected chi connectivity index (χ2v) is 7.14. The van der Waals surface area contributed by atoms with Crippen LogP contribution in [0.15, 0.2) is 72.9 Å². The average molecular weight is 388 g/mol. The van der Waals surface area contributed by atoms with Gasteiger partial charge in [0.15, 0.2) is 0 Å². The Balaban J connectivity index is 1.38. The van der Waals surface area contributed by atoms with Crippen molar-refractivity contribution in [2.75, 3.05) is 5.32 Å². The number of aromatic nitrogens is 1. The van der Waals surface area contributed by atoms with Crippen LogP contribution in [-0.2, 0) is 11.4 Å². The fourth-order valence-corrected chi connectivity index (χ4v) is 3.30. The van der Waals surface area contributed by atoms with E-state index in [9.17, 15) is 4.79 Å². The summed E-state index contributed by atoms with van der Waals surface area (Å²) in [5, 5.41) is 2.98. The highest BCUT2D eigenvalue weighted by Gasteiger charge is 2.30. The number of anilines is 1. The van der Waals surface area contributed by atoms with E-state index in [2.05, 4.69) is 52.3 Å². The second-order valence-electron chi connectivity index (χ2n) is 7.14. The average Bonchev–Trinajstić information content (AvgIpc) is 3.25. The third kappa shape index (κ3) is 4.80. The predicted octanol–water partition coefficient (Wildman–Crippen LogP) is 3.52. The number of ether oxygens (including phenoxy) is 1. The van der Waals surface area contributed by atoms with Gasteiger partial charge in [0.05, 0.1) is 11.4 Å². The Hall–Kier alpha value is -3.22. The van der Waals surface area contributed by atoms with Crippen molar-refractivity contribution in [2.45, 2.75) is 32.0 Å². The lowest BCUT2D eigenvalue weighted by Gasteiger charge is -2.14. The van der Waals surface area contributed by atoms with Crippen LogP contribution in [-0.4, -0.2) is 16.9 Å². The van der Waals surface area contributed by atoms with Crippen molar-refractivity contribution in [1.29, 1.82) is 0 Å². The fraction of sp³-hybridized carbons (Fsp3) is 0.217. The summed E-state index contributed by atoms with van der Waals surface area (Å²) >= 11 is 0.